The number of nitrogens with one attached hydrogen (secondary N) is 1. The zero-order valence-electron chi connectivity index (χ0n) is 13.5. The van der Waals surface area contributed by atoms with Crippen LogP contribution in [0.15, 0.2) is 48.5 Å². The summed E-state index contributed by atoms with van der Waals surface area (Å²) in [5.41, 5.74) is -0.512. The molecule has 0 heterocycles. The van der Waals surface area contributed by atoms with E-state index in [1.807, 2.05) is 6.07 Å². The number of rotatable bonds is 4. The van der Waals surface area contributed by atoms with Crippen LogP contribution in [0.5, 0.6) is 0 Å². The number of esters is 1. The summed E-state index contributed by atoms with van der Waals surface area (Å²) in [5.74, 6) is -1.61. The van der Waals surface area contributed by atoms with Crippen LogP contribution >= 0.6 is 0 Å². The lowest BCUT2D eigenvalue weighted by Crippen LogP contribution is -2.30. The van der Waals surface area contributed by atoms with Crippen LogP contribution in [0, 0.1) is 11.3 Å². The first-order valence-corrected chi connectivity index (χ1v) is 7.40. The number of hydrogen-bond acceptors (Lipinski definition) is 4. The number of nitriles is 1. The molecule has 0 aliphatic heterocycles. The van der Waals surface area contributed by atoms with Crippen molar-refractivity contribution in [1.82, 2.24) is 0 Å². The van der Waals surface area contributed by atoms with E-state index < -0.39 is 29.7 Å². The number of anilines is 1. The summed E-state index contributed by atoms with van der Waals surface area (Å²) in [5, 5.41) is 11.4. The van der Waals surface area contributed by atoms with Crippen LogP contribution < -0.4 is 5.32 Å². The van der Waals surface area contributed by atoms with Crippen molar-refractivity contribution in [3.63, 3.8) is 0 Å². The van der Waals surface area contributed by atoms with E-state index >= 15 is 0 Å². The van der Waals surface area contributed by atoms with Gasteiger partial charge >= 0.3 is 12.1 Å². The molecule has 0 aliphatic rings. The van der Waals surface area contributed by atoms with Crippen molar-refractivity contribution >= 4 is 17.6 Å². The van der Waals surface area contributed by atoms with Gasteiger partial charge in [-0.1, -0.05) is 12.1 Å². The molecule has 2 aromatic carbocycles. The number of para-hydroxylation sites is 1. The first-order valence-electron chi connectivity index (χ1n) is 7.40. The van der Waals surface area contributed by atoms with Crippen molar-refractivity contribution in [2.45, 2.75) is 19.2 Å². The molecule has 0 bridgehead atoms. The number of benzene rings is 2. The van der Waals surface area contributed by atoms with E-state index in [9.17, 15) is 22.8 Å². The maximum Gasteiger partial charge on any atom is 0.416 e. The Morgan fingerprint density at radius 3 is 2.31 bits per heavy atom. The first kappa shape index (κ1) is 19.0. The van der Waals surface area contributed by atoms with Gasteiger partial charge in [0.05, 0.1) is 22.4 Å². The smallest absolute Gasteiger partial charge is 0.416 e. The predicted octanol–water partition coefficient (Wildman–Crippen LogP) is 3.76. The quantitative estimate of drug-likeness (QED) is 0.840. The highest BCUT2D eigenvalue weighted by Crippen LogP contribution is 2.29. The molecule has 1 amide bonds. The highest BCUT2D eigenvalue weighted by atomic mass is 19.4. The zero-order chi connectivity index (χ0) is 19.3. The monoisotopic (exact) mass is 362 g/mol. The van der Waals surface area contributed by atoms with Gasteiger partial charge in [-0.25, -0.2) is 4.79 Å². The second kappa shape index (κ2) is 7.70. The summed E-state index contributed by atoms with van der Waals surface area (Å²) in [4.78, 5) is 24.0. The van der Waals surface area contributed by atoms with Crippen LogP contribution in [0.25, 0.3) is 0 Å². The van der Waals surface area contributed by atoms with Crippen molar-refractivity contribution in [2.75, 3.05) is 5.32 Å². The molecule has 2 rings (SSSR count). The standard InChI is InChI=1S/C18H13F3N2O3/c1-11(16(24)23-15-5-3-2-4-13(15)10-22)26-17(25)12-6-8-14(9-7-12)18(19,20)21/h2-9,11H,1H3,(H,23,24)/t11-/m0/s1. The molecule has 134 valence electrons. The van der Waals surface area contributed by atoms with Crippen molar-refractivity contribution in [3.05, 3.63) is 65.2 Å². The number of ether oxygens (including phenoxy) is 1. The number of hydrogen-bond donors (Lipinski definition) is 1. The molecule has 0 aliphatic carbocycles. The number of carbonyl (C=O) groups excluding carboxylic acids is 2. The van der Waals surface area contributed by atoms with E-state index in [1.165, 1.54) is 19.1 Å². The maximum absolute atomic E-state index is 12.5. The number of amides is 1. The van der Waals surface area contributed by atoms with Crippen molar-refractivity contribution in [2.24, 2.45) is 0 Å². The summed E-state index contributed by atoms with van der Waals surface area (Å²) in [6.45, 7) is 1.31. The number of alkyl halides is 3. The third-order valence-corrected chi connectivity index (χ3v) is 3.41. The Morgan fingerprint density at radius 1 is 1.12 bits per heavy atom. The van der Waals surface area contributed by atoms with E-state index in [2.05, 4.69) is 5.32 Å². The SMILES string of the molecule is C[C@H](OC(=O)c1ccc(C(F)(F)F)cc1)C(=O)Nc1ccccc1C#N. The average molecular weight is 362 g/mol. The Morgan fingerprint density at radius 2 is 1.73 bits per heavy atom. The normalized spacial score (nSPS) is 12.0. The van der Waals surface area contributed by atoms with Gasteiger partial charge in [0, 0.05) is 0 Å². The van der Waals surface area contributed by atoms with Gasteiger partial charge < -0.3 is 10.1 Å². The Labute approximate surface area is 147 Å². The molecule has 8 heteroatoms. The van der Waals surface area contributed by atoms with E-state index in [4.69, 9.17) is 10.00 Å². The summed E-state index contributed by atoms with van der Waals surface area (Å²) in [7, 11) is 0. The average Bonchev–Trinajstić information content (AvgIpc) is 2.61. The zero-order valence-corrected chi connectivity index (χ0v) is 13.5. The predicted molar refractivity (Wildman–Crippen MR) is 86.1 cm³/mol. The molecule has 0 aromatic heterocycles. The van der Waals surface area contributed by atoms with Crippen LogP contribution in [0.2, 0.25) is 0 Å². The molecule has 0 unspecified atom stereocenters. The second-order valence-electron chi connectivity index (χ2n) is 5.27. The molecule has 2 aromatic rings. The molecule has 0 spiro atoms. The lowest BCUT2D eigenvalue weighted by Gasteiger charge is -2.14. The number of nitrogens with zero attached hydrogens (tertiary/aromatic N) is 1. The van der Waals surface area contributed by atoms with Gasteiger partial charge in [-0.2, -0.15) is 18.4 Å². The largest absolute Gasteiger partial charge is 0.449 e. The minimum atomic E-state index is -4.51. The van der Waals surface area contributed by atoms with E-state index in [0.717, 1.165) is 24.3 Å². The van der Waals surface area contributed by atoms with Crippen molar-refractivity contribution < 1.29 is 27.5 Å². The molecule has 5 nitrogen and oxygen atoms in total. The molecule has 0 radical (unpaired) electrons. The minimum absolute atomic E-state index is 0.116. The molecule has 0 saturated heterocycles. The van der Waals surface area contributed by atoms with Gasteiger partial charge in [0.15, 0.2) is 6.10 Å². The third-order valence-electron chi connectivity index (χ3n) is 3.41. The van der Waals surface area contributed by atoms with Crippen LogP contribution in [-0.2, 0) is 15.7 Å². The van der Waals surface area contributed by atoms with Crippen LogP contribution in [-0.4, -0.2) is 18.0 Å². The molecular weight excluding hydrogens is 349 g/mol. The minimum Gasteiger partial charge on any atom is -0.449 e. The maximum atomic E-state index is 12.5. The molecule has 0 saturated carbocycles. The van der Waals surface area contributed by atoms with Gasteiger partial charge in [0.25, 0.3) is 5.91 Å². The number of halogens is 3. The highest BCUT2D eigenvalue weighted by molar-refractivity contribution is 5.98. The molecule has 1 N–H and O–H groups in total. The Hall–Kier alpha value is -3.34. The van der Waals surface area contributed by atoms with E-state index in [0.29, 0.717) is 0 Å². The third kappa shape index (κ3) is 4.60. The fourth-order valence-electron chi connectivity index (χ4n) is 2.00. The van der Waals surface area contributed by atoms with Crippen LogP contribution in [0.1, 0.15) is 28.4 Å². The molecular formula is C18H13F3N2O3. The van der Waals surface area contributed by atoms with Gasteiger partial charge in [0.2, 0.25) is 0 Å². The van der Waals surface area contributed by atoms with Crippen molar-refractivity contribution in [1.29, 1.82) is 5.26 Å². The van der Waals surface area contributed by atoms with E-state index in [-0.39, 0.29) is 16.8 Å². The number of carbonyl (C=O) groups is 2. The molecule has 0 fully saturated rings. The second-order valence-corrected chi connectivity index (χ2v) is 5.27. The first-order chi connectivity index (χ1) is 12.2. The summed E-state index contributed by atoms with van der Waals surface area (Å²) in [6, 6.07) is 11.6. The summed E-state index contributed by atoms with van der Waals surface area (Å²) in [6.07, 6.45) is -5.72. The Kier molecular flexibility index (Phi) is 5.62. The Balaban J connectivity index is 2.02. The van der Waals surface area contributed by atoms with E-state index in [1.54, 1.807) is 12.1 Å². The highest BCUT2D eigenvalue weighted by Gasteiger charge is 2.30. The molecule has 1 atom stereocenters. The fourth-order valence-corrected chi connectivity index (χ4v) is 2.00. The topological polar surface area (TPSA) is 79.2 Å². The van der Waals surface area contributed by atoms with Crippen LogP contribution in [0.4, 0.5) is 18.9 Å². The molecule has 26 heavy (non-hydrogen) atoms. The lowest BCUT2D eigenvalue weighted by molar-refractivity contribution is -0.137. The van der Waals surface area contributed by atoms with Gasteiger partial charge in [-0.05, 0) is 43.3 Å². The Bertz CT molecular complexity index is 855. The lowest BCUT2D eigenvalue weighted by atomic mass is 10.1. The van der Waals surface area contributed by atoms with Gasteiger partial charge in [-0.3, -0.25) is 4.79 Å². The fraction of sp³-hybridized carbons (Fsp3) is 0.167. The van der Waals surface area contributed by atoms with Crippen molar-refractivity contribution in [3.8, 4) is 6.07 Å². The van der Waals surface area contributed by atoms with Gasteiger partial charge in [0.1, 0.15) is 6.07 Å². The summed E-state index contributed by atoms with van der Waals surface area (Å²) >= 11 is 0. The van der Waals surface area contributed by atoms with Gasteiger partial charge in [-0.15, -0.1) is 0 Å². The summed E-state index contributed by atoms with van der Waals surface area (Å²) < 4.78 is 42.5. The van der Waals surface area contributed by atoms with Crippen LogP contribution in [0.3, 0.4) is 0 Å².